The Morgan fingerprint density at radius 1 is 1.23 bits per heavy atom. The van der Waals surface area contributed by atoms with Crippen molar-refractivity contribution in [3.05, 3.63) is 47.8 Å². The van der Waals surface area contributed by atoms with Crippen molar-refractivity contribution in [2.75, 3.05) is 13.1 Å². The van der Waals surface area contributed by atoms with Crippen molar-refractivity contribution in [3.63, 3.8) is 0 Å². The number of nitrogens with zero attached hydrogens (tertiary/aromatic N) is 3. The van der Waals surface area contributed by atoms with Crippen LogP contribution in [0.1, 0.15) is 31.0 Å². The Morgan fingerprint density at radius 3 is 2.55 bits per heavy atom. The number of hydrogen-bond donors (Lipinski definition) is 1. The van der Waals surface area contributed by atoms with Crippen LogP contribution in [0.25, 0.3) is 5.69 Å². The number of likely N-dealkylation sites (tertiary alicyclic amines) is 1. The molecule has 1 aromatic heterocycles. The van der Waals surface area contributed by atoms with Crippen LogP contribution < -0.4 is 0 Å². The Kier molecular flexibility index (Phi) is 4.60. The van der Waals surface area contributed by atoms with Gasteiger partial charge in [-0.3, -0.25) is 4.90 Å². The van der Waals surface area contributed by atoms with E-state index >= 15 is 0 Å². The number of piperidine rings is 1. The summed E-state index contributed by atoms with van der Waals surface area (Å²) in [5.74, 6) is 0.462. The van der Waals surface area contributed by atoms with Crippen LogP contribution in [0.3, 0.4) is 0 Å². The fourth-order valence-corrected chi connectivity index (χ4v) is 3.20. The molecule has 1 atom stereocenters. The average Bonchev–Trinajstić information content (AvgIpc) is 2.90. The van der Waals surface area contributed by atoms with E-state index in [9.17, 15) is 5.11 Å². The number of hydrogen-bond acceptors (Lipinski definition) is 3. The van der Waals surface area contributed by atoms with Gasteiger partial charge in [0, 0.05) is 18.3 Å². The molecule has 2 aromatic rings. The average molecular weight is 299 g/mol. The summed E-state index contributed by atoms with van der Waals surface area (Å²) in [7, 11) is 0. The summed E-state index contributed by atoms with van der Waals surface area (Å²) in [4.78, 5) is 2.47. The van der Waals surface area contributed by atoms with E-state index in [0.29, 0.717) is 5.92 Å². The number of para-hydroxylation sites is 1. The molecule has 1 fully saturated rings. The Hall–Kier alpha value is -1.65. The van der Waals surface area contributed by atoms with Gasteiger partial charge < -0.3 is 5.11 Å². The zero-order valence-electron chi connectivity index (χ0n) is 13.4. The molecule has 1 N–H and O–H groups in total. The van der Waals surface area contributed by atoms with E-state index in [4.69, 9.17) is 0 Å². The van der Waals surface area contributed by atoms with Crippen LogP contribution in [0.15, 0.2) is 36.5 Å². The number of aryl methyl sites for hydroxylation is 1. The molecule has 0 aliphatic carbocycles. The van der Waals surface area contributed by atoms with Gasteiger partial charge >= 0.3 is 0 Å². The van der Waals surface area contributed by atoms with Crippen molar-refractivity contribution < 1.29 is 5.11 Å². The topological polar surface area (TPSA) is 41.3 Å². The first-order valence-electron chi connectivity index (χ1n) is 8.14. The summed E-state index contributed by atoms with van der Waals surface area (Å²) < 4.78 is 1.97. The van der Waals surface area contributed by atoms with Gasteiger partial charge in [-0.25, -0.2) is 4.68 Å². The zero-order valence-corrected chi connectivity index (χ0v) is 13.4. The van der Waals surface area contributed by atoms with Crippen LogP contribution in [0.2, 0.25) is 0 Å². The zero-order chi connectivity index (χ0) is 15.5. The Balaban J connectivity index is 1.66. The molecule has 3 rings (SSSR count). The van der Waals surface area contributed by atoms with Gasteiger partial charge in [0.05, 0.1) is 17.5 Å². The van der Waals surface area contributed by atoms with E-state index < -0.39 is 0 Å². The highest BCUT2D eigenvalue weighted by Gasteiger charge is 2.23. The summed E-state index contributed by atoms with van der Waals surface area (Å²) in [6.45, 7) is 7.06. The second-order valence-electron chi connectivity index (χ2n) is 6.37. The summed E-state index contributed by atoms with van der Waals surface area (Å²) in [5.41, 5.74) is 3.49. The van der Waals surface area contributed by atoms with Crippen molar-refractivity contribution in [1.29, 1.82) is 0 Å². The summed E-state index contributed by atoms with van der Waals surface area (Å²) in [6, 6.07) is 10.2. The number of benzene rings is 1. The molecule has 0 radical (unpaired) electrons. The highest BCUT2D eigenvalue weighted by atomic mass is 16.3. The Bertz CT molecular complexity index is 598. The molecule has 1 aliphatic heterocycles. The lowest BCUT2D eigenvalue weighted by atomic mass is 9.92. The molecular weight excluding hydrogens is 274 g/mol. The molecule has 4 nitrogen and oxygen atoms in total. The van der Waals surface area contributed by atoms with Crippen LogP contribution in [0.5, 0.6) is 0 Å². The quantitative estimate of drug-likeness (QED) is 0.944. The third-order valence-electron chi connectivity index (χ3n) is 4.73. The fraction of sp³-hybridized carbons (Fsp3) is 0.500. The van der Waals surface area contributed by atoms with Gasteiger partial charge in [0.2, 0.25) is 0 Å². The van der Waals surface area contributed by atoms with Gasteiger partial charge in [-0.2, -0.15) is 5.10 Å². The number of rotatable bonds is 4. The third kappa shape index (κ3) is 3.39. The van der Waals surface area contributed by atoms with Crippen molar-refractivity contribution in [2.24, 2.45) is 5.92 Å². The third-order valence-corrected chi connectivity index (χ3v) is 4.73. The number of aliphatic hydroxyl groups is 1. The summed E-state index contributed by atoms with van der Waals surface area (Å²) in [5, 5.41) is 14.3. The second-order valence-corrected chi connectivity index (χ2v) is 6.37. The van der Waals surface area contributed by atoms with E-state index in [1.807, 2.05) is 29.8 Å². The Labute approximate surface area is 132 Å². The molecule has 0 spiro atoms. The van der Waals surface area contributed by atoms with Crippen molar-refractivity contribution in [3.8, 4) is 5.69 Å². The molecule has 1 unspecified atom stereocenters. The van der Waals surface area contributed by atoms with E-state index in [2.05, 4.69) is 35.3 Å². The summed E-state index contributed by atoms with van der Waals surface area (Å²) in [6.07, 6.45) is 4.14. The van der Waals surface area contributed by atoms with Gasteiger partial charge in [-0.15, -0.1) is 0 Å². The van der Waals surface area contributed by atoms with Crippen LogP contribution in [0.4, 0.5) is 0 Å². The van der Waals surface area contributed by atoms with Gasteiger partial charge in [-0.05, 0) is 57.8 Å². The maximum atomic E-state index is 9.69. The first kappa shape index (κ1) is 15.3. The monoisotopic (exact) mass is 299 g/mol. The van der Waals surface area contributed by atoms with E-state index in [-0.39, 0.29) is 6.10 Å². The van der Waals surface area contributed by atoms with Crippen molar-refractivity contribution in [1.82, 2.24) is 14.7 Å². The predicted octanol–water partition coefficient (Wildman–Crippen LogP) is 2.77. The molecule has 1 aromatic carbocycles. The number of aliphatic hydroxyl groups excluding tert-OH is 1. The molecular formula is C18H25N3O. The lowest BCUT2D eigenvalue weighted by molar-refractivity contribution is 0.0695. The van der Waals surface area contributed by atoms with E-state index in [1.165, 1.54) is 5.56 Å². The van der Waals surface area contributed by atoms with Gasteiger partial charge in [-0.1, -0.05) is 18.2 Å². The predicted molar refractivity (Wildman–Crippen MR) is 88.0 cm³/mol. The van der Waals surface area contributed by atoms with E-state index in [0.717, 1.165) is 43.9 Å². The fourth-order valence-electron chi connectivity index (χ4n) is 3.20. The summed E-state index contributed by atoms with van der Waals surface area (Å²) >= 11 is 0. The molecule has 1 aliphatic rings. The molecule has 4 heteroatoms. The molecule has 0 saturated carbocycles. The molecule has 2 heterocycles. The first-order valence-corrected chi connectivity index (χ1v) is 8.14. The highest BCUT2D eigenvalue weighted by Crippen LogP contribution is 2.22. The lowest BCUT2D eigenvalue weighted by Gasteiger charge is -2.33. The Morgan fingerprint density at radius 2 is 1.91 bits per heavy atom. The van der Waals surface area contributed by atoms with Gasteiger partial charge in [0.1, 0.15) is 0 Å². The largest absolute Gasteiger partial charge is 0.393 e. The minimum Gasteiger partial charge on any atom is -0.393 e. The van der Waals surface area contributed by atoms with Crippen molar-refractivity contribution >= 4 is 0 Å². The standard InChI is InChI=1S/C18H25N3O/c1-14-17(12-20-10-8-16(9-11-20)15(2)22)13-21(19-14)18-6-4-3-5-7-18/h3-7,13,15-16,22H,8-12H2,1-2H3. The number of aromatic nitrogens is 2. The maximum Gasteiger partial charge on any atom is 0.0645 e. The molecule has 1 saturated heterocycles. The highest BCUT2D eigenvalue weighted by molar-refractivity contribution is 5.32. The van der Waals surface area contributed by atoms with Crippen LogP contribution >= 0.6 is 0 Å². The minimum absolute atomic E-state index is 0.176. The van der Waals surface area contributed by atoms with Crippen LogP contribution in [-0.2, 0) is 6.54 Å². The minimum atomic E-state index is -0.176. The second kappa shape index (κ2) is 6.63. The first-order chi connectivity index (χ1) is 10.6. The maximum absolute atomic E-state index is 9.69. The normalized spacial score (nSPS) is 18.5. The molecule has 0 bridgehead atoms. The molecule has 118 valence electrons. The molecule has 0 amide bonds. The van der Waals surface area contributed by atoms with Gasteiger partial charge in [0.25, 0.3) is 0 Å². The van der Waals surface area contributed by atoms with Crippen LogP contribution in [0, 0.1) is 12.8 Å². The van der Waals surface area contributed by atoms with Gasteiger partial charge in [0.15, 0.2) is 0 Å². The SMILES string of the molecule is Cc1nn(-c2ccccc2)cc1CN1CCC(C(C)O)CC1. The smallest absolute Gasteiger partial charge is 0.0645 e. The van der Waals surface area contributed by atoms with Crippen LogP contribution in [-0.4, -0.2) is 39.0 Å². The molecule has 22 heavy (non-hydrogen) atoms. The van der Waals surface area contributed by atoms with E-state index in [1.54, 1.807) is 0 Å². The van der Waals surface area contributed by atoms with Crippen molar-refractivity contribution in [2.45, 2.75) is 39.3 Å². The lowest BCUT2D eigenvalue weighted by Crippen LogP contribution is -2.36.